The summed E-state index contributed by atoms with van der Waals surface area (Å²) in [6.45, 7) is 11.5. The lowest BCUT2D eigenvalue weighted by Crippen LogP contribution is -2.41. The van der Waals surface area contributed by atoms with Gasteiger partial charge in [-0.15, -0.1) is 0 Å². The van der Waals surface area contributed by atoms with Gasteiger partial charge in [-0.3, -0.25) is 9.48 Å². The molecule has 0 saturated carbocycles. The summed E-state index contributed by atoms with van der Waals surface area (Å²) >= 11 is 0. The molecule has 29 heavy (non-hydrogen) atoms. The number of aromatic nitrogens is 2. The second-order valence-electron chi connectivity index (χ2n) is 8.14. The van der Waals surface area contributed by atoms with Crippen molar-refractivity contribution < 1.29 is 23.2 Å². The summed E-state index contributed by atoms with van der Waals surface area (Å²) in [6.07, 6.45) is 0. The maximum absolute atomic E-state index is 15.1. The van der Waals surface area contributed by atoms with E-state index < -0.39 is 30.0 Å². The Kier molecular flexibility index (Phi) is 5.49. The zero-order valence-electron chi connectivity index (χ0n) is 17.9. The van der Waals surface area contributed by atoms with Crippen LogP contribution in [0.3, 0.4) is 0 Å². The highest BCUT2D eigenvalue weighted by atomic mass is 19.1. The SMILES string of the molecule is CCOc1cc(C(=O)Nc2cc(C)n(C)n2)cc(F)c1B1OC(C)(C)C(C)(C)O1. The normalized spacial score (nSPS) is 17.4. The lowest BCUT2D eigenvalue weighted by atomic mass is 9.77. The highest BCUT2D eigenvalue weighted by Crippen LogP contribution is 2.37. The number of rotatable bonds is 5. The molecule has 0 unspecified atom stereocenters. The summed E-state index contributed by atoms with van der Waals surface area (Å²) < 4.78 is 34.3. The van der Waals surface area contributed by atoms with Gasteiger partial charge in [-0.1, -0.05) is 0 Å². The van der Waals surface area contributed by atoms with Crippen LogP contribution in [0.1, 0.15) is 50.7 Å². The van der Waals surface area contributed by atoms with Crippen molar-refractivity contribution in [3.8, 4) is 5.75 Å². The number of amides is 1. The zero-order chi connectivity index (χ0) is 21.6. The van der Waals surface area contributed by atoms with Crippen LogP contribution >= 0.6 is 0 Å². The van der Waals surface area contributed by atoms with Gasteiger partial charge in [0.25, 0.3) is 5.91 Å². The van der Waals surface area contributed by atoms with E-state index in [9.17, 15) is 4.79 Å². The smallest absolute Gasteiger partial charge is 0.494 e. The van der Waals surface area contributed by atoms with Crippen molar-refractivity contribution in [3.05, 3.63) is 35.3 Å². The van der Waals surface area contributed by atoms with E-state index in [1.807, 2.05) is 34.6 Å². The fourth-order valence-electron chi connectivity index (χ4n) is 3.00. The summed E-state index contributed by atoms with van der Waals surface area (Å²) in [5, 5.41) is 6.87. The fourth-order valence-corrected chi connectivity index (χ4v) is 3.00. The molecule has 0 spiro atoms. The minimum atomic E-state index is -0.933. The average molecular weight is 403 g/mol. The summed E-state index contributed by atoms with van der Waals surface area (Å²) in [5.74, 6) is -0.503. The van der Waals surface area contributed by atoms with E-state index in [1.54, 1.807) is 24.7 Å². The highest BCUT2D eigenvalue weighted by molar-refractivity contribution is 6.63. The Labute approximate surface area is 170 Å². The van der Waals surface area contributed by atoms with E-state index in [2.05, 4.69) is 10.4 Å². The van der Waals surface area contributed by atoms with Gasteiger partial charge < -0.3 is 19.4 Å². The molecular weight excluding hydrogens is 376 g/mol. The maximum Gasteiger partial charge on any atom is 0.501 e. The first-order valence-electron chi connectivity index (χ1n) is 9.59. The molecule has 0 atom stereocenters. The van der Waals surface area contributed by atoms with Crippen LogP contribution in [0, 0.1) is 12.7 Å². The predicted molar refractivity (Wildman–Crippen MR) is 109 cm³/mol. The van der Waals surface area contributed by atoms with Crippen LogP contribution in [-0.2, 0) is 16.4 Å². The summed E-state index contributed by atoms with van der Waals surface area (Å²) in [6, 6.07) is 4.39. The maximum atomic E-state index is 15.1. The fraction of sp³-hybridized carbons (Fsp3) is 0.500. The van der Waals surface area contributed by atoms with Crippen molar-refractivity contribution in [3.63, 3.8) is 0 Å². The molecule has 1 aliphatic heterocycles. The summed E-state index contributed by atoms with van der Waals surface area (Å²) in [5.41, 5.74) is -0.0936. The molecule has 0 aliphatic carbocycles. The van der Waals surface area contributed by atoms with Gasteiger partial charge in [0, 0.05) is 24.4 Å². The molecule has 1 aliphatic rings. The van der Waals surface area contributed by atoms with Gasteiger partial charge in [-0.25, -0.2) is 4.39 Å². The van der Waals surface area contributed by atoms with Crippen molar-refractivity contribution in [2.45, 2.75) is 52.7 Å². The topological polar surface area (TPSA) is 74.6 Å². The van der Waals surface area contributed by atoms with Crippen LogP contribution < -0.4 is 15.5 Å². The Morgan fingerprint density at radius 2 is 1.86 bits per heavy atom. The van der Waals surface area contributed by atoms with Crippen molar-refractivity contribution in [1.82, 2.24) is 9.78 Å². The van der Waals surface area contributed by atoms with Gasteiger partial charge in [-0.2, -0.15) is 5.10 Å². The molecule has 0 radical (unpaired) electrons. The number of nitrogens with zero attached hydrogens (tertiary/aromatic N) is 2. The summed E-state index contributed by atoms with van der Waals surface area (Å²) in [7, 11) is 0.842. The van der Waals surface area contributed by atoms with Crippen LogP contribution in [0.5, 0.6) is 5.75 Å². The summed E-state index contributed by atoms with van der Waals surface area (Å²) in [4.78, 5) is 12.6. The van der Waals surface area contributed by atoms with Gasteiger partial charge in [0.15, 0.2) is 5.82 Å². The van der Waals surface area contributed by atoms with Crippen LogP contribution in [-0.4, -0.2) is 40.6 Å². The number of benzene rings is 1. The van der Waals surface area contributed by atoms with E-state index >= 15 is 4.39 Å². The van der Waals surface area contributed by atoms with Crippen LogP contribution in [0.25, 0.3) is 0 Å². The number of aryl methyl sites for hydroxylation is 2. The number of halogens is 1. The van der Waals surface area contributed by atoms with E-state index in [4.69, 9.17) is 14.0 Å². The Morgan fingerprint density at radius 1 is 1.24 bits per heavy atom. The second kappa shape index (κ2) is 7.46. The molecule has 1 aromatic heterocycles. The standard InChI is InChI=1S/C20H27BFN3O4/c1-8-27-15-11-13(18(26)23-16-9-12(2)25(7)24-16)10-14(22)17(15)21-28-19(3,4)20(5,6)29-21/h9-11H,8H2,1-7H3,(H,23,24,26). The minimum absolute atomic E-state index is 0.120. The Hall–Kier alpha value is -2.39. The molecule has 1 amide bonds. The largest absolute Gasteiger partial charge is 0.501 e. The van der Waals surface area contributed by atoms with E-state index in [-0.39, 0.29) is 16.8 Å². The number of ether oxygens (including phenoxy) is 1. The van der Waals surface area contributed by atoms with Crippen molar-refractivity contribution in [2.75, 3.05) is 11.9 Å². The highest BCUT2D eigenvalue weighted by Gasteiger charge is 2.53. The first-order chi connectivity index (χ1) is 13.4. The van der Waals surface area contributed by atoms with Gasteiger partial charge in [-0.05, 0) is 53.7 Å². The van der Waals surface area contributed by atoms with Crippen molar-refractivity contribution >= 4 is 24.3 Å². The molecule has 9 heteroatoms. The van der Waals surface area contributed by atoms with E-state index in [0.29, 0.717) is 12.4 Å². The molecule has 1 N–H and O–H groups in total. The first kappa shape index (κ1) is 21.3. The molecule has 1 aromatic carbocycles. The molecule has 0 bridgehead atoms. The third-order valence-electron chi connectivity index (χ3n) is 5.50. The molecule has 7 nitrogen and oxygen atoms in total. The Balaban J connectivity index is 1.93. The van der Waals surface area contributed by atoms with Gasteiger partial charge in [0.2, 0.25) is 0 Å². The molecule has 1 fully saturated rings. The lowest BCUT2D eigenvalue weighted by Gasteiger charge is -2.32. The van der Waals surface area contributed by atoms with E-state index in [1.165, 1.54) is 6.07 Å². The third kappa shape index (κ3) is 4.02. The number of anilines is 1. The number of hydrogen-bond acceptors (Lipinski definition) is 5. The monoisotopic (exact) mass is 403 g/mol. The van der Waals surface area contributed by atoms with Crippen LogP contribution in [0.15, 0.2) is 18.2 Å². The molecule has 2 heterocycles. The molecule has 156 valence electrons. The van der Waals surface area contributed by atoms with E-state index in [0.717, 1.165) is 11.8 Å². The molecule has 2 aromatic rings. The van der Waals surface area contributed by atoms with Gasteiger partial charge >= 0.3 is 7.12 Å². The quantitative estimate of drug-likeness (QED) is 0.778. The number of hydrogen-bond donors (Lipinski definition) is 1. The first-order valence-corrected chi connectivity index (χ1v) is 9.59. The molecule has 1 saturated heterocycles. The van der Waals surface area contributed by atoms with Crippen LogP contribution in [0.4, 0.5) is 10.2 Å². The molecular formula is C20H27BFN3O4. The number of carbonyl (C=O) groups excluding carboxylic acids is 1. The van der Waals surface area contributed by atoms with Gasteiger partial charge in [0.1, 0.15) is 11.6 Å². The van der Waals surface area contributed by atoms with Crippen molar-refractivity contribution in [2.24, 2.45) is 7.05 Å². The number of nitrogens with one attached hydrogen (secondary N) is 1. The lowest BCUT2D eigenvalue weighted by molar-refractivity contribution is 0.00578. The van der Waals surface area contributed by atoms with Crippen LogP contribution in [0.2, 0.25) is 0 Å². The third-order valence-corrected chi connectivity index (χ3v) is 5.50. The van der Waals surface area contributed by atoms with Crippen molar-refractivity contribution in [1.29, 1.82) is 0 Å². The second-order valence-corrected chi connectivity index (χ2v) is 8.14. The molecule has 3 rings (SSSR count). The Morgan fingerprint density at radius 3 is 2.38 bits per heavy atom. The number of carbonyl (C=O) groups is 1. The van der Waals surface area contributed by atoms with Gasteiger partial charge in [0.05, 0.1) is 23.3 Å². The minimum Gasteiger partial charge on any atom is -0.494 e. The predicted octanol–water partition coefficient (Wildman–Crippen LogP) is 2.82. The Bertz CT molecular complexity index is 907. The average Bonchev–Trinajstić information content (AvgIpc) is 3.01. The zero-order valence-corrected chi connectivity index (χ0v) is 17.9.